The number of unbranched alkanes of at least 4 members (excludes halogenated alkanes) is 1. The van der Waals surface area contributed by atoms with Gasteiger partial charge in [-0.15, -0.1) is 0 Å². The molecule has 0 spiro atoms. The van der Waals surface area contributed by atoms with Gasteiger partial charge in [-0.2, -0.15) is 26.7 Å². The summed E-state index contributed by atoms with van der Waals surface area (Å²) in [6.07, 6.45) is 2.13. The lowest BCUT2D eigenvalue weighted by Gasteiger charge is -2.49. The molecule has 1 fully saturated rings. The number of halogens is 3. The van der Waals surface area contributed by atoms with Crippen molar-refractivity contribution in [3.05, 3.63) is 11.8 Å². The Morgan fingerprint density at radius 1 is 1.17 bits per heavy atom. The van der Waals surface area contributed by atoms with Gasteiger partial charge in [0.05, 0.1) is 6.04 Å². The standard InChI is InChI=1S/C22H38F3NO7SSi/c1-19(2,3)31-18(27)26-16-11-13-21(33-26,17(15-16)32-34(28,29)22(23,24)25)12-9-10-14-30-35(7,8)20(4,5)6/h15-16H,9-14H2,1-8H3. The summed E-state index contributed by atoms with van der Waals surface area (Å²) in [4.78, 5) is 18.5. The van der Waals surface area contributed by atoms with Gasteiger partial charge in [-0.1, -0.05) is 20.8 Å². The molecule has 1 aliphatic carbocycles. The minimum atomic E-state index is -5.90. The Balaban J connectivity index is 2.21. The number of fused-ring (bicyclic) bond motifs is 2. The molecular formula is C22H38F3NO7SSi. The molecule has 2 aliphatic heterocycles. The second kappa shape index (κ2) is 9.86. The van der Waals surface area contributed by atoms with Crippen LogP contribution in [0.4, 0.5) is 18.0 Å². The highest BCUT2D eigenvalue weighted by Gasteiger charge is 2.56. The summed E-state index contributed by atoms with van der Waals surface area (Å²) in [6, 6.07) is -0.813. The summed E-state index contributed by atoms with van der Waals surface area (Å²) < 4.78 is 78.7. The quantitative estimate of drug-likeness (QED) is 0.160. The van der Waals surface area contributed by atoms with Crippen LogP contribution in [0.5, 0.6) is 0 Å². The van der Waals surface area contributed by atoms with Crippen molar-refractivity contribution in [2.75, 3.05) is 6.61 Å². The molecule has 13 heteroatoms. The van der Waals surface area contributed by atoms with Crippen LogP contribution in [0.15, 0.2) is 11.8 Å². The van der Waals surface area contributed by atoms with E-state index in [4.69, 9.17) is 14.0 Å². The van der Waals surface area contributed by atoms with Crippen LogP contribution < -0.4 is 0 Å². The maximum absolute atomic E-state index is 13.0. The van der Waals surface area contributed by atoms with Crippen LogP contribution in [-0.4, -0.2) is 57.3 Å². The van der Waals surface area contributed by atoms with Crippen molar-refractivity contribution < 1.29 is 44.6 Å². The molecule has 0 aromatic heterocycles. The summed E-state index contributed by atoms with van der Waals surface area (Å²) in [5, 5.41) is 0.994. The molecular weight excluding hydrogens is 507 g/mol. The van der Waals surface area contributed by atoms with Gasteiger partial charge in [0.25, 0.3) is 0 Å². The van der Waals surface area contributed by atoms with Gasteiger partial charge in [-0.05, 0) is 77.1 Å². The lowest BCUT2D eigenvalue weighted by atomic mass is 9.81. The molecule has 2 atom stereocenters. The van der Waals surface area contributed by atoms with E-state index in [1.807, 2.05) is 0 Å². The molecule has 0 saturated carbocycles. The highest BCUT2D eigenvalue weighted by atomic mass is 32.2. The number of hydrogen-bond acceptors (Lipinski definition) is 7. The molecule has 3 aliphatic rings. The zero-order valence-corrected chi connectivity index (χ0v) is 23.6. The van der Waals surface area contributed by atoms with Crippen molar-refractivity contribution in [2.24, 2.45) is 0 Å². The largest absolute Gasteiger partial charge is 0.534 e. The third kappa shape index (κ3) is 7.13. The zero-order valence-electron chi connectivity index (χ0n) is 21.7. The highest BCUT2D eigenvalue weighted by Crippen LogP contribution is 2.47. The van der Waals surface area contributed by atoms with E-state index in [9.17, 15) is 26.4 Å². The van der Waals surface area contributed by atoms with E-state index < -0.39 is 53.0 Å². The fourth-order valence-electron chi connectivity index (χ4n) is 3.54. The van der Waals surface area contributed by atoms with E-state index in [0.717, 1.165) is 5.06 Å². The predicted octanol–water partition coefficient (Wildman–Crippen LogP) is 6.01. The molecule has 0 N–H and O–H groups in total. The van der Waals surface area contributed by atoms with Crippen LogP contribution in [0.25, 0.3) is 0 Å². The Bertz CT molecular complexity index is 923. The average molecular weight is 546 g/mol. The van der Waals surface area contributed by atoms with E-state index in [1.54, 1.807) is 20.8 Å². The Labute approximate surface area is 207 Å². The summed E-state index contributed by atoms with van der Waals surface area (Å²) in [7, 11) is -7.87. The molecule has 0 aromatic rings. The van der Waals surface area contributed by atoms with Gasteiger partial charge in [-0.3, -0.25) is 4.84 Å². The Kier molecular flexibility index (Phi) is 8.43. The summed E-state index contributed by atoms with van der Waals surface area (Å²) in [5.41, 5.74) is -7.96. The second-order valence-electron chi connectivity index (χ2n) is 11.6. The van der Waals surface area contributed by atoms with Crippen LogP contribution in [0.1, 0.15) is 73.6 Å². The highest BCUT2D eigenvalue weighted by molar-refractivity contribution is 7.87. The van der Waals surface area contributed by atoms with Crippen molar-refractivity contribution in [1.29, 1.82) is 0 Å². The molecule has 8 nitrogen and oxygen atoms in total. The number of alkyl halides is 3. The molecule has 35 heavy (non-hydrogen) atoms. The predicted molar refractivity (Wildman–Crippen MR) is 126 cm³/mol. The van der Waals surface area contributed by atoms with Crippen molar-refractivity contribution in [3.63, 3.8) is 0 Å². The van der Waals surface area contributed by atoms with E-state index in [-0.39, 0.29) is 17.9 Å². The van der Waals surface area contributed by atoms with Crippen LogP contribution in [-0.2, 0) is 28.3 Å². The maximum atomic E-state index is 13.0. The first-order chi connectivity index (χ1) is 15.6. The minimum absolute atomic E-state index is 0.0279. The van der Waals surface area contributed by atoms with E-state index >= 15 is 0 Å². The number of ether oxygens (including phenoxy) is 1. The molecule has 3 rings (SSSR count). The topological polar surface area (TPSA) is 91.4 Å². The smallest absolute Gasteiger partial charge is 0.442 e. The number of nitrogens with zero attached hydrogens (tertiary/aromatic N) is 1. The van der Waals surface area contributed by atoms with Gasteiger partial charge in [-0.25, -0.2) is 4.79 Å². The second-order valence-corrected chi connectivity index (χ2v) is 17.9. The van der Waals surface area contributed by atoms with Crippen LogP contribution in [0, 0.1) is 0 Å². The fourth-order valence-corrected chi connectivity index (χ4v) is 5.17. The summed E-state index contributed by atoms with van der Waals surface area (Å²) >= 11 is 0. The fraction of sp³-hybridized carbons (Fsp3) is 0.864. The number of carbonyl (C=O) groups excluding carboxylic acids is 1. The number of carbonyl (C=O) groups is 1. The SMILES string of the molecule is CC(C)(C)OC(=O)N1OC2(CCCCO[Si](C)(C)C(C)(C)C)CCC1C=C2OS(=O)(=O)C(F)(F)F. The zero-order chi connectivity index (χ0) is 27.1. The van der Waals surface area contributed by atoms with Gasteiger partial charge >= 0.3 is 21.7 Å². The van der Waals surface area contributed by atoms with Crippen LogP contribution >= 0.6 is 0 Å². The molecule has 2 heterocycles. The number of hydrogen-bond donors (Lipinski definition) is 0. The molecule has 1 amide bonds. The Morgan fingerprint density at radius 2 is 1.77 bits per heavy atom. The van der Waals surface area contributed by atoms with Gasteiger partial charge < -0.3 is 13.3 Å². The summed E-state index contributed by atoms with van der Waals surface area (Å²) in [5.74, 6) is -0.448. The first-order valence-electron chi connectivity index (χ1n) is 11.7. The lowest BCUT2D eigenvalue weighted by Crippen LogP contribution is -2.58. The van der Waals surface area contributed by atoms with Crippen LogP contribution in [0.3, 0.4) is 0 Å². The number of hydroxylamine groups is 2. The van der Waals surface area contributed by atoms with E-state index in [0.29, 0.717) is 25.9 Å². The average Bonchev–Trinajstić information content (AvgIpc) is 2.65. The Hall–Kier alpha value is -1.31. The van der Waals surface area contributed by atoms with Gasteiger partial charge in [0.1, 0.15) is 5.60 Å². The third-order valence-corrected chi connectivity index (χ3v) is 12.0. The molecule has 204 valence electrons. The molecule has 2 unspecified atom stereocenters. The van der Waals surface area contributed by atoms with E-state index in [1.165, 1.54) is 6.08 Å². The number of amides is 1. The lowest BCUT2D eigenvalue weighted by molar-refractivity contribution is -0.274. The molecule has 1 saturated heterocycles. The normalized spacial score (nSPS) is 23.8. The van der Waals surface area contributed by atoms with Gasteiger partial charge in [0, 0.05) is 6.61 Å². The van der Waals surface area contributed by atoms with Crippen molar-refractivity contribution in [2.45, 2.75) is 115 Å². The van der Waals surface area contributed by atoms with Gasteiger partial charge in [0.2, 0.25) is 0 Å². The molecule has 0 aromatic carbocycles. The first-order valence-corrected chi connectivity index (χ1v) is 16.0. The van der Waals surface area contributed by atoms with E-state index in [2.05, 4.69) is 38.0 Å². The first kappa shape index (κ1) is 29.9. The molecule has 2 bridgehead atoms. The van der Waals surface area contributed by atoms with Crippen molar-refractivity contribution in [3.8, 4) is 0 Å². The van der Waals surface area contributed by atoms with Crippen molar-refractivity contribution in [1.82, 2.24) is 5.06 Å². The third-order valence-electron chi connectivity index (χ3n) is 6.51. The molecule has 0 radical (unpaired) electrons. The van der Waals surface area contributed by atoms with Crippen LogP contribution in [0.2, 0.25) is 18.1 Å². The monoisotopic (exact) mass is 545 g/mol. The van der Waals surface area contributed by atoms with Crippen molar-refractivity contribution >= 4 is 24.5 Å². The minimum Gasteiger partial charge on any atom is -0.442 e. The maximum Gasteiger partial charge on any atom is 0.534 e. The number of rotatable bonds is 8. The summed E-state index contributed by atoms with van der Waals surface area (Å²) in [6.45, 7) is 16.1. The Morgan fingerprint density at radius 3 is 2.29 bits per heavy atom. The van der Waals surface area contributed by atoms with Gasteiger partial charge in [0.15, 0.2) is 19.7 Å².